The van der Waals surface area contributed by atoms with E-state index in [0.717, 1.165) is 17.0 Å². The van der Waals surface area contributed by atoms with Crippen molar-refractivity contribution in [3.05, 3.63) is 41.2 Å². The van der Waals surface area contributed by atoms with Crippen LogP contribution in [0.3, 0.4) is 0 Å². The summed E-state index contributed by atoms with van der Waals surface area (Å²) in [5.74, 6) is 0.855. The van der Waals surface area contributed by atoms with Crippen molar-refractivity contribution < 1.29 is 9.53 Å². The quantitative estimate of drug-likeness (QED) is 0.864. The van der Waals surface area contributed by atoms with E-state index in [1.165, 1.54) is 0 Å². The molecule has 6 heteroatoms. The number of ether oxygens (including phenoxy) is 1. The third-order valence-corrected chi connectivity index (χ3v) is 3.28. The Balaban J connectivity index is 2.19. The standard InChI is InChI=1S/C15H18ClN3O2/c1-4-21-14-6-5-12(8-11(14)9-16)17-15(20)13-7-10(2)18-19(13)3/h5-8H,4,9H2,1-3H3,(H,17,20). The average Bonchev–Trinajstić information content (AvgIpc) is 2.79. The zero-order chi connectivity index (χ0) is 15.4. The molecule has 0 aliphatic carbocycles. The van der Waals surface area contributed by atoms with E-state index in [2.05, 4.69) is 10.4 Å². The Labute approximate surface area is 128 Å². The molecule has 0 radical (unpaired) electrons. The number of nitrogens with zero attached hydrogens (tertiary/aromatic N) is 2. The fraction of sp³-hybridized carbons (Fsp3) is 0.333. The molecule has 0 unspecified atom stereocenters. The number of amides is 1. The Morgan fingerprint density at radius 3 is 2.76 bits per heavy atom. The number of carbonyl (C=O) groups excluding carboxylic acids is 1. The van der Waals surface area contributed by atoms with Crippen LogP contribution in [0.25, 0.3) is 0 Å². The van der Waals surface area contributed by atoms with Crippen molar-refractivity contribution in [1.82, 2.24) is 9.78 Å². The number of aromatic nitrogens is 2. The zero-order valence-electron chi connectivity index (χ0n) is 12.3. The van der Waals surface area contributed by atoms with Crippen LogP contribution in [-0.2, 0) is 12.9 Å². The number of rotatable bonds is 5. The third-order valence-electron chi connectivity index (χ3n) is 3.00. The van der Waals surface area contributed by atoms with Crippen LogP contribution in [0.15, 0.2) is 24.3 Å². The van der Waals surface area contributed by atoms with E-state index in [0.29, 0.717) is 23.9 Å². The third kappa shape index (κ3) is 3.55. The monoisotopic (exact) mass is 307 g/mol. The highest BCUT2D eigenvalue weighted by Gasteiger charge is 2.13. The molecule has 1 N–H and O–H groups in total. The first-order valence-electron chi connectivity index (χ1n) is 6.68. The number of nitrogens with one attached hydrogen (secondary N) is 1. The van der Waals surface area contributed by atoms with Gasteiger partial charge in [0.05, 0.1) is 18.2 Å². The van der Waals surface area contributed by atoms with Crippen LogP contribution in [0, 0.1) is 6.92 Å². The molecule has 2 aromatic rings. The summed E-state index contributed by atoms with van der Waals surface area (Å²) in [6, 6.07) is 7.17. The van der Waals surface area contributed by atoms with E-state index in [-0.39, 0.29) is 5.91 Å². The van der Waals surface area contributed by atoms with Crippen LogP contribution >= 0.6 is 11.6 Å². The predicted molar refractivity (Wildman–Crippen MR) is 83.1 cm³/mol. The van der Waals surface area contributed by atoms with Gasteiger partial charge in [-0.3, -0.25) is 9.48 Å². The van der Waals surface area contributed by atoms with Gasteiger partial charge in [-0.2, -0.15) is 5.10 Å². The lowest BCUT2D eigenvalue weighted by Gasteiger charge is -2.11. The maximum atomic E-state index is 12.2. The van der Waals surface area contributed by atoms with Gasteiger partial charge in [-0.25, -0.2) is 0 Å². The first kappa shape index (κ1) is 15.4. The molecular weight excluding hydrogens is 290 g/mol. The minimum absolute atomic E-state index is 0.206. The van der Waals surface area contributed by atoms with Crippen molar-refractivity contribution in [2.75, 3.05) is 11.9 Å². The van der Waals surface area contributed by atoms with Crippen LogP contribution in [-0.4, -0.2) is 22.3 Å². The summed E-state index contributed by atoms with van der Waals surface area (Å²) in [4.78, 5) is 12.2. The van der Waals surface area contributed by atoms with E-state index in [4.69, 9.17) is 16.3 Å². The van der Waals surface area contributed by atoms with Gasteiger partial charge in [-0.05, 0) is 38.1 Å². The molecule has 21 heavy (non-hydrogen) atoms. The van der Waals surface area contributed by atoms with E-state index in [1.807, 2.05) is 26.0 Å². The summed E-state index contributed by atoms with van der Waals surface area (Å²) < 4.78 is 7.04. The molecule has 0 fully saturated rings. The van der Waals surface area contributed by atoms with Crippen LogP contribution in [0.1, 0.15) is 28.7 Å². The first-order valence-corrected chi connectivity index (χ1v) is 7.22. The molecule has 0 saturated carbocycles. The highest BCUT2D eigenvalue weighted by molar-refractivity contribution is 6.17. The Kier molecular flexibility index (Phi) is 4.85. The number of anilines is 1. The Morgan fingerprint density at radius 2 is 2.19 bits per heavy atom. The maximum absolute atomic E-state index is 12.2. The van der Waals surface area contributed by atoms with Crippen LogP contribution in [0.4, 0.5) is 5.69 Å². The first-order chi connectivity index (χ1) is 10.0. The molecule has 0 aliphatic rings. The number of hydrogen-bond acceptors (Lipinski definition) is 3. The van der Waals surface area contributed by atoms with Gasteiger partial charge in [0, 0.05) is 18.3 Å². The van der Waals surface area contributed by atoms with Gasteiger partial charge in [-0.15, -0.1) is 11.6 Å². The van der Waals surface area contributed by atoms with Gasteiger partial charge in [0.2, 0.25) is 0 Å². The number of alkyl halides is 1. The summed E-state index contributed by atoms with van der Waals surface area (Å²) in [5, 5.41) is 7.00. The van der Waals surface area contributed by atoms with Crippen LogP contribution in [0.2, 0.25) is 0 Å². The molecule has 1 aromatic carbocycles. The molecule has 112 valence electrons. The normalized spacial score (nSPS) is 10.5. The molecule has 2 rings (SSSR count). The second kappa shape index (κ2) is 6.63. The van der Waals surface area contributed by atoms with Crippen LogP contribution < -0.4 is 10.1 Å². The van der Waals surface area contributed by atoms with Gasteiger partial charge < -0.3 is 10.1 Å². The van der Waals surface area contributed by atoms with Gasteiger partial charge in [0.1, 0.15) is 11.4 Å². The topological polar surface area (TPSA) is 56.1 Å². The summed E-state index contributed by atoms with van der Waals surface area (Å²) >= 11 is 5.92. The number of aryl methyl sites for hydroxylation is 2. The second-order valence-corrected chi connectivity index (χ2v) is 4.91. The molecular formula is C15H18ClN3O2. The molecule has 0 saturated heterocycles. The lowest BCUT2D eigenvalue weighted by atomic mass is 10.2. The number of benzene rings is 1. The Hall–Kier alpha value is -2.01. The summed E-state index contributed by atoms with van der Waals surface area (Å²) in [6.45, 7) is 4.33. The summed E-state index contributed by atoms with van der Waals surface area (Å²) in [6.07, 6.45) is 0. The highest BCUT2D eigenvalue weighted by atomic mass is 35.5. The van der Waals surface area contributed by atoms with Gasteiger partial charge in [0.25, 0.3) is 5.91 Å². The zero-order valence-corrected chi connectivity index (χ0v) is 13.1. The Morgan fingerprint density at radius 1 is 1.43 bits per heavy atom. The molecule has 1 heterocycles. The van der Waals surface area contributed by atoms with E-state index in [1.54, 1.807) is 23.9 Å². The van der Waals surface area contributed by atoms with Crippen LogP contribution in [0.5, 0.6) is 5.75 Å². The number of hydrogen-bond donors (Lipinski definition) is 1. The van der Waals surface area contributed by atoms with Crippen molar-refractivity contribution in [2.24, 2.45) is 7.05 Å². The molecule has 5 nitrogen and oxygen atoms in total. The SMILES string of the molecule is CCOc1ccc(NC(=O)c2cc(C)nn2C)cc1CCl. The highest BCUT2D eigenvalue weighted by Crippen LogP contribution is 2.25. The minimum atomic E-state index is -0.206. The summed E-state index contributed by atoms with van der Waals surface area (Å²) in [5.41, 5.74) is 2.83. The summed E-state index contributed by atoms with van der Waals surface area (Å²) in [7, 11) is 1.74. The van der Waals surface area contributed by atoms with Crippen molar-refractivity contribution in [3.8, 4) is 5.75 Å². The van der Waals surface area contributed by atoms with Gasteiger partial charge in [0.15, 0.2) is 0 Å². The average molecular weight is 308 g/mol. The minimum Gasteiger partial charge on any atom is -0.494 e. The lowest BCUT2D eigenvalue weighted by Crippen LogP contribution is -2.16. The smallest absolute Gasteiger partial charge is 0.273 e. The molecule has 1 amide bonds. The second-order valence-electron chi connectivity index (χ2n) is 4.64. The van der Waals surface area contributed by atoms with E-state index < -0.39 is 0 Å². The molecule has 0 aliphatic heterocycles. The van der Waals surface area contributed by atoms with E-state index in [9.17, 15) is 4.79 Å². The van der Waals surface area contributed by atoms with E-state index >= 15 is 0 Å². The molecule has 0 spiro atoms. The molecule has 0 bridgehead atoms. The van der Waals surface area contributed by atoms with Crippen molar-refractivity contribution in [1.29, 1.82) is 0 Å². The van der Waals surface area contributed by atoms with Crippen molar-refractivity contribution in [2.45, 2.75) is 19.7 Å². The Bertz CT molecular complexity index is 652. The molecule has 1 aromatic heterocycles. The maximum Gasteiger partial charge on any atom is 0.273 e. The predicted octanol–water partition coefficient (Wildman–Crippen LogP) is 3.12. The fourth-order valence-corrected chi connectivity index (χ4v) is 2.29. The largest absolute Gasteiger partial charge is 0.494 e. The van der Waals surface area contributed by atoms with Crippen molar-refractivity contribution >= 4 is 23.2 Å². The fourth-order valence-electron chi connectivity index (χ4n) is 2.08. The number of carbonyl (C=O) groups is 1. The lowest BCUT2D eigenvalue weighted by molar-refractivity contribution is 0.101. The van der Waals surface area contributed by atoms with Gasteiger partial charge in [-0.1, -0.05) is 0 Å². The van der Waals surface area contributed by atoms with Crippen molar-refractivity contribution in [3.63, 3.8) is 0 Å². The molecule has 0 atom stereocenters. The van der Waals surface area contributed by atoms with Gasteiger partial charge >= 0.3 is 0 Å². The number of halogens is 1.